The molecule has 5 nitrogen and oxygen atoms in total. The summed E-state index contributed by atoms with van der Waals surface area (Å²) in [5, 5.41) is 9.27. The lowest BCUT2D eigenvalue weighted by Crippen LogP contribution is -2.37. The van der Waals surface area contributed by atoms with Crippen molar-refractivity contribution < 1.29 is 19.4 Å². The first kappa shape index (κ1) is 17.6. The Labute approximate surface area is 151 Å². The second kappa shape index (κ2) is 7.76. The molecule has 2 aromatic rings. The molecule has 3 rings (SSSR count). The van der Waals surface area contributed by atoms with Gasteiger partial charge >= 0.3 is 5.97 Å². The van der Waals surface area contributed by atoms with E-state index in [4.69, 9.17) is 26.2 Å². The maximum atomic E-state index is 10.9. The van der Waals surface area contributed by atoms with Crippen LogP contribution >= 0.6 is 11.6 Å². The van der Waals surface area contributed by atoms with Crippen LogP contribution in [0.5, 0.6) is 11.5 Å². The van der Waals surface area contributed by atoms with Crippen LogP contribution in [0.3, 0.4) is 0 Å². The van der Waals surface area contributed by atoms with Crippen molar-refractivity contribution in [1.82, 2.24) is 4.90 Å². The minimum absolute atomic E-state index is 0.146. The second-order valence-corrected chi connectivity index (χ2v) is 6.44. The van der Waals surface area contributed by atoms with E-state index in [0.717, 1.165) is 24.4 Å². The predicted octanol–water partition coefficient (Wildman–Crippen LogP) is 3.70. The Kier molecular flexibility index (Phi) is 5.46. The fourth-order valence-electron chi connectivity index (χ4n) is 2.79. The van der Waals surface area contributed by atoms with Crippen LogP contribution in [0.2, 0.25) is 5.02 Å². The third-order valence-electron chi connectivity index (χ3n) is 4.26. The Hall–Kier alpha value is -2.24. The number of carbonyl (C=O) groups is 1. The van der Waals surface area contributed by atoms with Gasteiger partial charge in [-0.2, -0.15) is 0 Å². The zero-order valence-electron chi connectivity index (χ0n) is 13.9. The first-order valence-corrected chi connectivity index (χ1v) is 8.53. The minimum atomic E-state index is -1.01. The van der Waals surface area contributed by atoms with Crippen molar-refractivity contribution in [2.24, 2.45) is 0 Å². The van der Waals surface area contributed by atoms with Crippen LogP contribution in [0.25, 0.3) is 0 Å². The molecule has 0 saturated heterocycles. The van der Waals surface area contributed by atoms with E-state index in [2.05, 4.69) is 17.9 Å². The summed E-state index contributed by atoms with van der Waals surface area (Å²) >= 11 is 6.09. The highest BCUT2D eigenvalue weighted by Gasteiger charge is 2.21. The molecule has 0 amide bonds. The number of para-hydroxylation sites is 1. The highest BCUT2D eigenvalue weighted by molar-refractivity contribution is 6.32. The first-order valence-electron chi connectivity index (χ1n) is 8.15. The predicted molar refractivity (Wildman–Crippen MR) is 95.7 cm³/mol. The van der Waals surface area contributed by atoms with Gasteiger partial charge in [-0.3, -0.25) is 4.90 Å². The van der Waals surface area contributed by atoms with Gasteiger partial charge in [-0.25, -0.2) is 4.79 Å². The van der Waals surface area contributed by atoms with E-state index in [1.807, 2.05) is 18.2 Å². The van der Waals surface area contributed by atoms with Gasteiger partial charge in [0.25, 0.3) is 0 Å². The van der Waals surface area contributed by atoms with Crippen LogP contribution in [-0.2, 0) is 6.54 Å². The van der Waals surface area contributed by atoms with E-state index in [0.29, 0.717) is 24.0 Å². The molecule has 1 unspecified atom stereocenters. The molecule has 132 valence electrons. The van der Waals surface area contributed by atoms with Gasteiger partial charge < -0.3 is 14.6 Å². The van der Waals surface area contributed by atoms with E-state index in [9.17, 15) is 4.79 Å². The molecular weight excluding hydrogens is 342 g/mol. The fraction of sp³-hybridized carbons (Fsp3) is 0.316. The number of hydrogen-bond donors (Lipinski definition) is 1. The van der Waals surface area contributed by atoms with E-state index in [-0.39, 0.29) is 11.6 Å². The van der Waals surface area contributed by atoms with E-state index >= 15 is 0 Å². The highest BCUT2D eigenvalue weighted by atomic mass is 35.5. The van der Waals surface area contributed by atoms with Crippen molar-refractivity contribution in [1.29, 1.82) is 0 Å². The number of benzene rings is 2. The number of hydrogen-bond acceptors (Lipinski definition) is 4. The summed E-state index contributed by atoms with van der Waals surface area (Å²) in [7, 11) is 0. The molecule has 1 aliphatic heterocycles. The number of fused-ring (bicyclic) bond motifs is 1. The van der Waals surface area contributed by atoms with Gasteiger partial charge in [-0.1, -0.05) is 29.8 Å². The molecule has 0 aliphatic carbocycles. The minimum Gasteiger partial charge on any atom is -0.492 e. The summed E-state index contributed by atoms with van der Waals surface area (Å²) in [6.07, 6.45) is 0. The summed E-state index contributed by atoms with van der Waals surface area (Å²) < 4.78 is 11.6. The average Bonchev–Trinajstić information content (AvgIpc) is 2.76. The molecular formula is C19H20ClNO4. The van der Waals surface area contributed by atoms with Crippen LogP contribution < -0.4 is 9.47 Å². The van der Waals surface area contributed by atoms with Gasteiger partial charge in [-0.15, -0.1) is 0 Å². The molecule has 0 fully saturated rings. The molecule has 1 atom stereocenters. The van der Waals surface area contributed by atoms with Gasteiger partial charge in [0.1, 0.15) is 24.7 Å². The Morgan fingerprint density at radius 3 is 2.92 bits per heavy atom. The molecule has 25 heavy (non-hydrogen) atoms. The van der Waals surface area contributed by atoms with Crippen LogP contribution in [0.1, 0.15) is 22.8 Å². The normalized spacial score (nSPS) is 17.3. The smallest absolute Gasteiger partial charge is 0.335 e. The molecule has 0 bridgehead atoms. The third kappa shape index (κ3) is 4.24. The van der Waals surface area contributed by atoms with E-state index < -0.39 is 5.97 Å². The topological polar surface area (TPSA) is 59.0 Å². The zero-order chi connectivity index (χ0) is 17.8. The Morgan fingerprint density at radius 1 is 1.36 bits per heavy atom. The van der Waals surface area contributed by atoms with Gasteiger partial charge in [-0.05, 0) is 31.2 Å². The molecule has 0 spiro atoms. The quantitative estimate of drug-likeness (QED) is 0.879. The van der Waals surface area contributed by atoms with Crippen molar-refractivity contribution in [2.75, 3.05) is 19.8 Å². The highest BCUT2D eigenvalue weighted by Crippen LogP contribution is 2.27. The molecule has 6 heteroatoms. The Morgan fingerprint density at radius 2 is 2.16 bits per heavy atom. The largest absolute Gasteiger partial charge is 0.492 e. The van der Waals surface area contributed by atoms with Gasteiger partial charge in [0.2, 0.25) is 0 Å². The lowest BCUT2D eigenvalue weighted by Gasteiger charge is -2.26. The summed E-state index contributed by atoms with van der Waals surface area (Å²) in [4.78, 5) is 13.2. The summed E-state index contributed by atoms with van der Waals surface area (Å²) in [5.74, 6) is 0.418. The van der Waals surface area contributed by atoms with Crippen molar-refractivity contribution >= 4 is 17.6 Å². The van der Waals surface area contributed by atoms with Crippen LogP contribution in [0.4, 0.5) is 0 Å². The van der Waals surface area contributed by atoms with E-state index in [1.54, 1.807) is 6.07 Å². The Bertz CT molecular complexity index is 765. The second-order valence-electron chi connectivity index (χ2n) is 6.04. The molecule has 0 aromatic heterocycles. The molecule has 0 radical (unpaired) electrons. The monoisotopic (exact) mass is 361 g/mol. The number of aromatic carboxylic acids is 1. The number of rotatable bonds is 5. The molecule has 1 heterocycles. The SMILES string of the molecule is CC1COc2ccccc2CN1CCOc1ccc(C(=O)O)cc1Cl. The molecule has 0 saturated carbocycles. The molecule has 2 aromatic carbocycles. The first-order chi connectivity index (χ1) is 12.0. The van der Waals surface area contributed by atoms with Gasteiger partial charge in [0.15, 0.2) is 0 Å². The lowest BCUT2D eigenvalue weighted by molar-refractivity contribution is 0.0697. The summed E-state index contributed by atoms with van der Waals surface area (Å²) in [6.45, 7) is 4.73. The number of carboxylic acid groups (broad SMARTS) is 1. The average molecular weight is 362 g/mol. The maximum absolute atomic E-state index is 10.9. The standard InChI is InChI=1S/C19H20ClNO4/c1-13-12-25-17-5-3-2-4-15(17)11-21(13)8-9-24-18-7-6-14(19(22)23)10-16(18)20/h2-7,10,13H,8-9,11-12H2,1H3,(H,22,23). The lowest BCUT2D eigenvalue weighted by atomic mass is 10.2. The number of carboxylic acids is 1. The van der Waals surface area contributed by atoms with Crippen LogP contribution in [0.15, 0.2) is 42.5 Å². The van der Waals surface area contributed by atoms with Crippen molar-refractivity contribution in [2.45, 2.75) is 19.5 Å². The summed E-state index contributed by atoms with van der Waals surface area (Å²) in [6, 6.07) is 12.8. The van der Waals surface area contributed by atoms with Crippen LogP contribution in [0, 0.1) is 0 Å². The number of halogens is 1. The van der Waals surface area contributed by atoms with Crippen molar-refractivity contribution in [3.8, 4) is 11.5 Å². The zero-order valence-corrected chi connectivity index (χ0v) is 14.7. The molecule has 1 N–H and O–H groups in total. The number of nitrogens with zero attached hydrogens (tertiary/aromatic N) is 1. The maximum Gasteiger partial charge on any atom is 0.335 e. The van der Waals surface area contributed by atoms with E-state index in [1.165, 1.54) is 12.1 Å². The number of ether oxygens (including phenoxy) is 2. The van der Waals surface area contributed by atoms with Gasteiger partial charge in [0, 0.05) is 24.7 Å². The molecule has 1 aliphatic rings. The van der Waals surface area contributed by atoms with Crippen molar-refractivity contribution in [3.05, 3.63) is 58.6 Å². The third-order valence-corrected chi connectivity index (χ3v) is 4.56. The van der Waals surface area contributed by atoms with Crippen LogP contribution in [-0.4, -0.2) is 41.8 Å². The van der Waals surface area contributed by atoms with Crippen molar-refractivity contribution in [3.63, 3.8) is 0 Å². The Balaban J connectivity index is 1.61. The van der Waals surface area contributed by atoms with Gasteiger partial charge in [0.05, 0.1) is 10.6 Å². The fourth-order valence-corrected chi connectivity index (χ4v) is 3.02. The summed E-state index contributed by atoms with van der Waals surface area (Å²) in [5.41, 5.74) is 1.31.